The van der Waals surface area contributed by atoms with Crippen molar-refractivity contribution in [3.8, 4) is 0 Å². The Balaban J connectivity index is 3.61. The van der Waals surface area contributed by atoms with Gasteiger partial charge in [-0.3, -0.25) is 10.1 Å². The highest BCUT2D eigenvalue weighted by Crippen LogP contribution is 1.80. The summed E-state index contributed by atoms with van der Waals surface area (Å²) >= 11 is 0. The van der Waals surface area contributed by atoms with Gasteiger partial charge in [-0.25, -0.2) is 4.79 Å². The number of rotatable bonds is 5. The molecule has 1 amide bonds. The Bertz CT molecular complexity index is 184. The number of hydrogen-bond acceptors (Lipinski definition) is 5. The lowest BCUT2D eigenvalue weighted by Gasteiger charge is -2.11. The first kappa shape index (κ1) is 11.7. The van der Waals surface area contributed by atoms with Gasteiger partial charge in [-0.05, 0) is 0 Å². The fourth-order valence-corrected chi connectivity index (χ4v) is 0.549. The van der Waals surface area contributed by atoms with E-state index in [2.05, 4.69) is 15.4 Å². The maximum atomic E-state index is 10.5. The first-order valence-corrected chi connectivity index (χ1v) is 3.50. The van der Waals surface area contributed by atoms with E-state index in [1.54, 1.807) is 0 Å². The van der Waals surface area contributed by atoms with Crippen molar-refractivity contribution in [2.75, 3.05) is 20.4 Å². The quantitative estimate of drug-likeness (QED) is 0.388. The highest BCUT2D eigenvalue weighted by molar-refractivity contribution is 5.73. The minimum atomic E-state index is -1.19. The van der Waals surface area contributed by atoms with Crippen molar-refractivity contribution in [1.82, 2.24) is 10.6 Å². The molecule has 0 saturated carbocycles. The van der Waals surface area contributed by atoms with Crippen molar-refractivity contribution >= 4 is 12.1 Å². The lowest BCUT2D eigenvalue weighted by atomic mass is 10.3. The third kappa shape index (κ3) is 4.99. The van der Waals surface area contributed by atoms with Gasteiger partial charge >= 0.3 is 12.1 Å². The van der Waals surface area contributed by atoms with Gasteiger partial charge in [-0.1, -0.05) is 0 Å². The number of aliphatic hydroxyl groups excluding tert-OH is 1. The first-order valence-electron chi connectivity index (χ1n) is 3.50. The van der Waals surface area contributed by atoms with Gasteiger partial charge in [0, 0.05) is 0 Å². The summed E-state index contributed by atoms with van der Waals surface area (Å²) < 4.78 is 4.23. The molecule has 7 heteroatoms. The van der Waals surface area contributed by atoms with Gasteiger partial charge in [0.1, 0.15) is 6.04 Å². The van der Waals surface area contributed by atoms with E-state index in [0.717, 1.165) is 0 Å². The molecule has 0 aromatic heterocycles. The molecular formula is C6H12N2O5. The molecule has 4 N–H and O–H groups in total. The third-order valence-electron chi connectivity index (χ3n) is 1.25. The molecule has 0 fully saturated rings. The number of carbonyl (C=O) groups is 2. The van der Waals surface area contributed by atoms with Crippen LogP contribution in [0.4, 0.5) is 4.79 Å². The summed E-state index contributed by atoms with van der Waals surface area (Å²) in [6, 6.07) is -1.09. The predicted molar refractivity (Wildman–Crippen MR) is 42.1 cm³/mol. The molecule has 0 unspecified atom stereocenters. The molecule has 0 spiro atoms. The van der Waals surface area contributed by atoms with Gasteiger partial charge in [0.25, 0.3) is 0 Å². The predicted octanol–water partition coefficient (Wildman–Crippen LogP) is -1.66. The Morgan fingerprint density at radius 2 is 2.15 bits per heavy atom. The van der Waals surface area contributed by atoms with Crippen molar-refractivity contribution in [2.45, 2.75) is 6.04 Å². The molecule has 0 aromatic rings. The van der Waals surface area contributed by atoms with Crippen LogP contribution < -0.4 is 10.6 Å². The second-order valence-corrected chi connectivity index (χ2v) is 2.12. The van der Waals surface area contributed by atoms with E-state index in [4.69, 9.17) is 10.2 Å². The summed E-state index contributed by atoms with van der Waals surface area (Å²) in [6.45, 7) is -0.623. The number of alkyl carbamates (subject to hydrolysis) is 1. The Morgan fingerprint density at radius 3 is 2.54 bits per heavy atom. The number of methoxy groups -OCH3 is 1. The van der Waals surface area contributed by atoms with Crippen molar-refractivity contribution < 1.29 is 24.5 Å². The van der Waals surface area contributed by atoms with E-state index >= 15 is 0 Å². The molecule has 1 atom stereocenters. The topological polar surface area (TPSA) is 108 Å². The maximum Gasteiger partial charge on any atom is 0.407 e. The fraction of sp³-hybridized carbons (Fsp3) is 0.667. The second-order valence-electron chi connectivity index (χ2n) is 2.12. The summed E-state index contributed by atoms with van der Waals surface area (Å²) in [7, 11) is 1.19. The minimum absolute atomic E-state index is 0.0792. The SMILES string of the molecule is COC(=O)NCN[C@@H](CO)C(=O)O. The van der Waals surface area contributed by atoms with Gasteiger partial charge in [0.05, 0.1) is 20.4 Å². The average molecular weight is 192 g/mol. The monoisotopic (exact) mass is 192 g/mol. The molecule has 0 radical (unpaired) electrons. The average Bonchev–Trinajstić information content (AvgIpc) is 2.11. The lowest BCUT2D eigenvalue weighted by molar-refractivity contribution is -0.140. The van der Waals surface area contributed by atoms with Crippen LogP contribution in [0, 0.1) is 0 Å². The second kappa shape index (κ2) is 6.21. The zero-order valence-corrected chi connectivity index (χ0v) is 7.11. The van der Waals surface area contributed by atoms with Crippen LogP contribution in [0.25, 0.3) is 0 Å². The zero-order valence-electron chi connectivity index (χ0n) is 7.11. The number of aliphatic hydroxyl groups is 1. The summed E-state index contributed by atoms with van der Waals surface area (Å²) in [6.07, 6.45) is -0.672. The summed E-state index contributed by atoms with van der Waals surface area (Å²) in [5, 5.41) is 21.5. The standard InChI is InChI=1S/C6H12N2O5/c1-13-6(12)8-3-7-4(2-9)5(10)11/h4,7,9H,2-3H2,1H3,(H,8,12)(H,10,11)/t4-/m0/s1. The van der Waals surface area contributed by atoms with Crippen molar-refractivity contribution in [3.05, 3.63) is 0 Å². The first-order chi connectivity index (χ1) is 6.11. The van der Waals surface area contributed by atoms with Crippen LogP contribution in [0.5, 0.6) is 0 Å². The van der Waals surface area contributed by atoms with Crippen LogP contribution in [0.1, 0.15) is 0 Å². The van der Waals surface area contributed by atoms with E-state index < -0.39 is 24.7 Å². The molecule has 0 aliphatic carbocycles. The Labute approximate surface area is 74.7 Å². The van der Waals surface area contributed by atoms with Crippen LogP contribution in [-0.4, -0.2) is 48.7 Å². The number of amides is 1. The van der Waals surface area contributed by atoms with E-state index in [9.17, 15) is 9.59 Å². The van der Waals surface area contributed by atoms with E-state index in [1.165, 1.54) is 7.11 Å². The van der Waals surface area contributed by atoms with Gasteiger partial charge < -0.3 is 20.3 Å². The molecule has 0 aromatic carbocycles. The smallest absolute Gasteiger partial charge is 0.407 e. The number of carboxylic acid groups (broad SMARTS) is 1. The number of nitrogens with one attached hydrogen (secondary N) is 2. The van der Waals surface area contributed by atoms with E-state index in [0.29, 0.717) is 0 Å². The van der Waals surface area contributed by atoms with Gasteiger partial charge in [0.2, 0.25) is 0 Å². The fourth-order valence-electron chi connectivity index (χ4n) is 0.549. The molecular weight excluding hydrogens is 180 g/mol. The lowest BCUT2D eigenvalue weighted by Crippen LogP contribution is -2.45. The molecule has 0 aliphatic rings. The highest BCUT2D eigenvalue weighted by Gasteiger charge is 2.14. The van der Waals surface area contributed by atoms with Crippen LogP contribution in [-0.2, 0) is 9.53 Å². The van der Waals surface area contributed by atoms with Crippen LogP contribution >= 0.6 is 0 Å². The molecule has 13 heavy (non-hydrogen) atoms. The maximum absolute atomic E-state index is 10.5. The van der Waals surface area contributed by atoms with Gasteiger partial charge in [0.15, 0.2) is 0 Å². The molecule has 0 aliphatic heterocycles. The van der Waals surface area contributed by atoms with Crippen LogP contribution in [0.15, 0.2) is 0 Å². The number of carboxylic acids is 1. The van der Waals surface area contributed by atoms with Crippen LogP contribution in [0.2, 0.25) is 0 Å². The van der Waals surface area contributed by atoms with Crippen molar-refractivity contribution in [1.29, 1.82) is 0 Å². The number of carbonyl (C=O) groups excluding carboxylic acids is 1. The van der Waals surface area contributed by atoms with E-state index in [1.807, 2.05) is 0 Å². The molecule has 0 bridgehead atoms. The highest BCUT2D eigenvalue weighted by atomic mass is 16.5. The summed E-state index contributed by atoms with van der Waals surface area (Å²) in [5.41, 5.74) is 0. The molecule has 76 valence electrons. The summed E-state index contributed by atoms with van der Waals surface area (Å²) in [4.78, 5) is 20.8. The van der Waals surface area contributed by atoms with E-state index in [-0.39, 0.29) is 6.67 Å². The zero-order chi connectivity index (χ0) is 10.3. The Hall–Kier alpha value is -1.34. The molecule has 0 rings (SSSR count). The van der Waals surface area contributed by atoms with Gasteiger partial charge in [-0.15, -0.1) is 0 Å². The van der Waals surface area contributed by atoms with Gasteiger partial charge in [-0.2, -0.15) is 0 Å². The largest absolute Gasteiger partial charge is 0.480 e. The Kier molecular flexibility index (Phi) is 5.57. The normalized spacial score (nSPS) is 11.8. The van der Waals surface area contributed by atoms with Crippen LogP contribution in [0.3, 0.4) is 0 Å². The van der Waals surface area contributed by atoms with Crippen molar-refractivity contribution in [2.24, 2.45) is 0 Å². The third-order valence-corrected chi connectivity index (χ3v) is 1.25. The molecule has 0 saturated heterocycles. The summed E-state index contributed by atoms with van der Waals surface area (Å²) in [5.74, 6) is -1.19. The molecule has 7 nitrogen and oxygen atoms in total. The number of ether oxygens (including phenoxy) is 1. The Morgan fingerprint density at radius 1 is 1.54 bits per heavy atom. The minimum Gasteiger partial charge on any atom is -0.480 e. The van der Waals surface area contributed by atoms with Crippen molar-refractivity contribution in [3.63, 3.8) is 0 Å². The number of hydrogen-bond donors (Lipinski definition) is 4. The number of aliphatic carboxylic acids is 1. The molecule has 0 heterocycles.